The Morgan fingerprint density at radius 1 is 1.50 bits per heavy atom. The summed E-state index contributed by atoms with van der Waals surface area (Å²) >= 11 is 0. The topological polar surface area (TPSA) is 49.9 Å². The average molecular weight is 192 g/mol. The van der Waals surface area contributed by atoms with Crippen molar-refractivity contribution in [2.75, 3.05) is 0 Å². The van der Waals surface area contributed by atoms with Crippen LogP contribution in [0.3, 0.4) is 0 Å². The molecule has 3 N–H and O–H groups in total. The molecule has 0 radical (unpaired) electrons. The number of halogens is 1. The Balaban J connectivity index is 3.03. The molecular weight excluding hydrogens is 179 g/mol. The molecule has 14 heavy (non-hydrogen) atoms. The molecule has 74 valence electrons. The van der Waals surface area contributed by atoms with Gasteiger partial charge >= 0.3 is 0 Å². The molecule has 2 nitrogen and oxygen atoms in total. The van der Waals surface area contributed by atoms with Crippen LogP contribution in [0.1, 0.15) is 18.1 Å². The van der Waals surface area contributed by atoms with E-state index in [4.69, 9.17) is 11.1 Å². The van der Waals surface area contributed by atoms with E-state index < -0.39 is 0 Å². The average Bonchev–Trinajstić information content (AvgIpc) is 2.08. The number of nitrogens with one attached hydrogen (secondary N) is 1. The van der Waals surface area contributed by atoms with E-state index in [-0.39, 0.29) is 11.5 Å². The van der Waals surface area contributed by atoms with Crippen molar-refractivity contribution < 1.29 is 4.39 Å². The molecule has 0 unspecified atom stereocenters. The molecule has 0 aliphatic heterocycles. The van der Waals surface area contributed by atoms with Crippen LogP contribution in [-0.2, 0) is 0 Å². The number of allylic oxidation sites excluding steroid dienone is 2. The van der Waals surface area contributed by atoms with Gasteiger partial charge in [-0.2, -0.15) is 0 Å². The first-order valence-corrected chi connectivity index (χ1v) is 4.29. The Morgan fingerprint density at radius 3 is 2.64 bits per heavy atom. The van der Waals surface area contributed by atoms with Gasteiger partial charge in [-0.25, -0.2) is 4.39 Å². The van der Waals surface area contributed by atoms with E-state index in [2.05, 4.69) is 0 Å². The van der Waals surface area contributed by atoms with Crippen LogP contribution in [0.2, 0.25) is 0 Å². The van der Waals surface area contributed by atoms with Crippen LogP contribution < -0.4 is 5.73 Å². The first-order valence-electron chi connectivity index (χ1n) is 4.29. The quantitative estimate of drug-likeness (QED) is 0.694. The van der Waals surface area contributed by atoms with E-state index in [0.717, 1.165) is 0 Å². The van der Waals surface area contributed by atoms with Gasteiger partial charge in [-0.15, -0.1) is 0 Å². The number of aryl methyl sites for hydroxylation is 1. The minimum atomic E-state index is -0.296. The van der Waals surface area contributed by atoms with E-state index in [1.54, 1.807) is 26.0 Å². The zero-order chi connectivity index (χ0) is 10.7. The third kappa shape index (κ3) is 2.42. The fourth-order valence-corrected chi connectivity index (χ4v) is 1.07. The highest BCUT2D eigenvalue weighted by atomic mass is 19.1. The highest BCUT2D eigenvalue weighted by Crippen LogP contribution is 2.10. The maximum Gasteiger partial charge on any atom is 0.126 e. The second-order valence-corrected chi connectivity index (χ2v) is 3.27. The highest BCUT2D eigenvalue weighted by molar-refractivity contribution is 6.06. The minimum Gasteiger partial charge on any atom is -0.402 e. The third-order valence-electron chi connectivity index (χ3n) is 1.85. The predicted octanol–water partition coefficient (Wildman–Crippen LogP) is 2.36. The van der Waals surface area contributed by atoms with Crippen molar-refractivity contribution >= 4 is 5.71 Å². The zero-order valence-corrected chi connectivity index (χ0v) is 8.26. The molecule has 0 bridgehead atoms. The van der Waals surface area contributed by atoms with Crippen molar-refractivity contribution in [1.82, 2.24) is 0 Å². The van der Waals surface area contributed by atoms with Crippen molar-refractivity contribution in [3.8, 4) is 0 Å². The molecule has 0 fully saturated rings. The number of nitrogens with two attached hydrogens (primary N) is 1. The van der Waals surface area contributed by atoms with Crippen LogP contribution in [0.25, 0.3) is 0 Å². The first kappa shape index (κ1) is 10.4. The van der Waals surface area contributed by atoms with Gasteiger partial charge in [-0.3, -0.25) is 0 Å². The van der Waals surface area contributed by atoms with Gasteiger partial charge in [-0.1, -0.05) is 12.1 Å². The van der Waals surface area contributed by atoms with E-state index in [1.165, 1.54) is 12.1 Å². The van der Waals surface area contributed by atoms with Gasteiger partial charge in [0.25, 0.3) is 0 Å². The number of hydrogen-bond acceptors (Lipinski definition) is 2. The molecule has 1 aromatic rings. The molecule has 0 aliphatic rings. The normalized spacial score (nSPS) is 11.5. The van der Waals surface area contributed by atoms with E-state index >= 15 is 0 Å². The van der Waals surface area contributed by atoms with Gasteiger partial charge in [0, 0.05) is 11.3 Å². The van der Waals surface area contributed by atoms with Crippen molar-refractivity contribution in [2.45, 2.75) is 13.8 Å². The minimum absolute atomic E-state index is 0.226. The maximum atomic E-state index is 13.1. The van der Waals surface area contributed by atoms with Crippen LogP contribution in [0.15, 0.2) is 30.0 Å². The van der Waals surface area contributed by atoms with Crippen LogP contribution in [0, 0.1) is 18.2 Å². The zero-order valence-electron chi connectivity index (χ0n) is 8.26. The van der Waals surface area contributed by atoms with Crippen molar-refractivity contribution in [1.29, 1.82) is 5.41 Å². The molecule has 0 amide bonds. The van der Waals surface area contributed by atoms with Crippen LogP contribution >= 0.6 is 0 Å². The number of rotatable bonds is 2. The number of benzene rings is 1. The van der Waals surface area contributed by atoms with Crippen LogP contribution in [-0.4, -0.2) is 5.71 Å². The maximum absolute atomic E-state index is 13.1. The summed E-state index contributed by atoms with van der Waals surface area (Å²) in [6, 6.07) is 4.70. The summed E-state index contributed by atoms with van der Waals surface area (Å²) in [5, 5.41) is 7.60. The van der Waals surface area contributed by atoms with Gasteiger partial charge in [0.2, 0.25) is 0 Å². The summed E-state index contributed by atoms with van der Waals surface area (Å²) in [5.74, 6) is -0.296. The van der Waals surface area contributed by atoms with Crippen molar-refractivity contribution in [3.63, 3.8) is 0 Å². The molecule has 0 aromatic heterocycles. The Labute approximate surface area is 82.8 Å². The fraction of sp³-hybridized carbons (Fsp3) is 0.182. The van der Waals surface area contributed by atoms with Crippen LogP contribution in [0.5, 0.6) is 0 Å². The summed E-state index contributed by atoms with van der Waals surface area (Å²) in [6.45, 7) is 3.38. The molecule has 1 rings (SSSR count). The summed E-state index contributed by atoms with van der Waals surface area (Å²) in [4.78, 5) is 0. The largest absolute Gasteiger partial charge is 0.402 e. The molecule has 0 saturated carbocycles. The van der Waals surface area contributed by atoms with E-state index in [9.17, 15) is 4.39 Å². The number of hydrogen-bond donors (Lipinski definition) is 2. The van der Waals surface area contributed by atoms with Gasteiger partial charge in [0.15, 0.2) is 0 Å². The standard InChI is InChI=1S/C11H13FN2/c1-7-3-4-9(6-10(7)12)11(14)5-8(2)13/h3-6,14H,13H2,1-2H3. The summed E-state index contributed by atoms with van der Waals surface area (Å²) in [6.07, 6.45) is 1.50. The summed E-state index contributed by atoms with van der Waals surface area (Å²) < 4.78 is 13.1. The van der Waals surface area contributed by atoms with Gasteiger partial charge in [-0.05, 0) is 31.6 Å². The molecular formula is C11H13FN2. The lowest BCUT2D eigenvalue weighted by atomic mass is 10.1. The Hall–Kier alpha value is -1.64. The van der Waals surface area contributed by atoms with Crippen LogP contribution in [0.4, 0.5) is 4.39 Å². The van der Waals surface area contributed by atoms with Gasteiger partial charge in [0.1, 0.15) is 5.82 Å². The molecule has 1 aromatic carbocycles. The van der Waals surface area contributed by atoms with Crippen molar-refractivity contribution in [2.24, 2.45) is 5.73 Å². The Morgan fingerprint density at radius 2 is 2.14 bits per heavy atom. The summed E-state index contributed by atoms with van der Waals surface area (Å²) in [5.41, 5.74) is 7.31. The lowest BCUT2D eigenvalue weighted by Crippen LogP contribution is -2.01. The smallest absolute Gasteiger partial charge is 0.126 e. The Kier molecular flexibility index (Phi) is 3.02. The molecule has 0 saturated heterocycles. The first-order chi connectivity index (χ1) is 6.50. The summed E-state index contributed by atoms with van der Waals surface area (Å²) in [7, 11) is 0. The highest BCUT2D eigenvalue weighted by Gasteiger charge is 2.02. The molecule has 0 aliphatic carbocycles. The molecule has 0 spiro atoms. The molecule has 0 atom stereocenters. The van der Waals surface area contributed by atoms with E-state index in [0.29, 0.717) is 16.8 Å². The predicted molar refractivity (Wildman–Crippen MR) is 55.9 cm³/mol. The molecule has 0 heterocycles. The fourth-order valence-electron chi connectivity index (χ4n) is 1.07. The lowest BCUT2D eigenvalue weighted by Gasteiger charge is -2.01. The third-order valence-corrected chi connectivity index (χ3v) is 1.85. The monoisotopic (exact) mass is 192 g/mol. The van der Waals surface area contributed by atoms with Crippen molar-refractivity contribution in [3.05, 3.63) is 46.9 Å². The van der Waals surface area contributed by atoms with E-state index in [1.807, 2.05) is 0 Å². The lowest BCUT2D eigenvalue weighted by molar-refractivity contribution is 0.618. The second-order valence-electron chi connectivity index (χ2n) is 3.27. The molecule has 3 heteroatoms. The van der Waals surface area contributed by atoms with Gasteiger partial charge in [0.05, 0.1) is 5.71 Å². The Bertz CT molecular complexity index is 390. The SMILES string of the molecule is CC(N)=CC(=N)c1ccc(C)c(F)c1. The van der Waals surface area contributed by atoms with Gasteiger partial charge < -0.3 is 11.1 Å². The second kappa shape index (κ2) is 4.05.